The molecule has 2 aromatic rings. The maximum Gasteiger partial charge on any atom is 0.241 e. The molecule has 0 saturated heterocycles. The highest BCUT2D eigenvalue weighted by Crippen LogP contribution is 2.31. The van der Waals surface area contributed by atoms with E-state index in [0.29, 0.717) is 25.1 Å². The Morgan fingerprint density at radius 1 is 1.26 bits per heavy atom. The van der Waals surface area contributed by atoms with E-state index in [0.717, 1.165) is 16.8 Å². The van der Waals surface area contributed by atoms with Gasteiger partial charge in [0.15, 0.2) is 0 Å². The minimum absolute atomic E-state index is 0.0484. The van der Waals surface area contributed by atoms with Crippen LogP contribution in [0.3, 0.4) is 0 Å². The van der Waals surface area contributed by atoms with Gasteiger partial charge in [0.25, 0.3) is 0 Å². The van der Waals surface area contributed by atoms with Crippen LogP contribution in [0.4, 0.5) is 5.69 Å². The lowest BCUT2D eigenvalue weighted by molar-refractivity contribution is -0.118. The monoisotopic (exact) mass is 388 g/mol. The fourth-order valence-corrected chi connectivity index (χ4v) is 4.66. The van der Waals surface area contributed by atoms with Gasteiger partial charge in [-0.15, -0.1) is 0 Å². The third kappa shape index (κ3) is 3.84. The second kappa shape index (κ2) is 7.70. The maximum atomic E-state index is 12.9. The number of hydrogen-bond donors (Lipinski definition) is 1. The zero-order valence-corrected chi connectivity index (χ0v) is 16.5. The van der Waals surface area contributed by atoms with Gasteiger partial charge in [0.2, 0.25) is 15.9 Å². The first kappa shape index (κ1) is 19.4. The second-order valence-electron chi connectivity index (χ2n) is 6.52. The molecule has 0 spiro atoms. The van der Waals surface area contributed by atoms with E-state index < -0.39 is 16.1 Å². The lowest BCUT2D eigenvalue weighted by atomic mass is 10.1. The molecule has 0 saturated carbocycles. The smallest absolute Gasteiger partial charge is 0.241 e. The maximum absolute atomic E-state index is 12.9. The molecule has 0 fully saturated rings. The standard InChI is InChI=1S/C20H24N2O4S/c1-4-20(23)22-12-11-15-13-16(9-10-18(15)22)27(24,25)21-14(2)17-7-5-6-8-19(17)26-3/h5-10,13-14,21H,4,11-12H2,1-3H3/t14-/m0/s1. The van der Waals surface area contributed by atoms with E-state index in [1.165, 1.54) is 0 Å². The molecule has 1 aliphatic rings. The molecular weight excluding hydrogens is 364 g/mol. The molecule has 0 aliphatic carbocycles. The minimum Gasteiger partial charge on any atom is -0.496 e. The lowest BCUT2D eigenvalue weighted by Gasteiger charge is -2.18. The van der Waals surface area contributed by atoms with Crippen molar-refractivity contribution in [2.45, 2.75) is 37.6 Å². The van der Waals surface area contributed by atoms with Crippen molar-refractivity contribution in [3.05, 3.63) is 53.6 Å². The van der Waals surface area contributed by atoms with Gasteiger partial charge < -0.3 is 9.64 Å². The van der Waals surface area contributed by atoms with Gasteiger partial charge >= 0.3 is 0 Å². The minimum atomic E-state index is -3.71. The average Bonchev–Trinajstić information content (AvgIpc) is 3.10. The molecule has 6 nitrogen and oxygen atoms in total. The molecule has 1 atom stereocenters. The van der Waals surface area contributed by atoms with Crippen LogP contribution < -0.4 is 14.4 Å². The molecule has 0 radical (unpaired) electrons. The molecule has 1 heterocycles. The van der Waals surface area contributed by atoms with Crippen LogP contribution in [-0.2, 0) is 21.2 Å². The van der Waals surface area contributed by atoms with Crippen LogP contribution in [0.1, 0.15) is 37.4 Å². The number of anilines is 1. The summed E-state index contributed by atoms with van der Waals surface area (Å²) in [4.78, 5) is 13.9. The van der Waals surface area contributed by atoms with Crippen molar-refractivity contribution < 1.29 is 17.9 Å². The number of nitrogens with one attached hydrogen (secondary N) is 1. The van der Waals surface area contributed by atoms with E-state index in [4.69, 9.17) is 4.74 Å². The Labute approximate surface area is 160 Å². The zero-order chi connectivity index (χ0) is 19.6. The third-order valence-corrected chi connectivity index (χ3v) is 6.34. The Morgan fingerprint density at radius 2 is 2.00 bits per heavy atom. The largest absolute Gasteiger partial charge is 0.496 e. The first-order chi connectivity index (χ1) is 12.9. The summed E-state index contributed by atoms with van der Waals surface area (Å²) in [5.74, 6) is 0.683. The molecule has 1 aliphatic heterocycles. The molecule has 0 unspecified atom stereocenters. The number of rotatable bonds is 6. The number of ether oxygens (including phenoxy) is 1. The molecule has 27 heavy (non-hydrogen) atoms. The number of amides is 1. The highest BCUT2D eigenvalue weighted by Gasteiger charge is 2.27. The number of nitrogens with zero attached hydrogens (tertiary/aromatic N) is 1. The number of fused-ring (bicyclic) bond motifs is 1. The zero-order valence-electron chi connectivity index (χ0n) is 15.7. The van der Waals surface area contributed by atoms with Gasteiger partial charge in [-0.2, -0.15) is 0 Å². The molecule has 2 aromatic carbocycles. The normalized spacial score (nSPS) is 14.7. The highest BCUT2D eigenvalue weighted by molar-refractivity contribution is 7.89. The summed E-state index contributed by atoms with van der Waals surface area (Å²) in [6, 6.07) is 11.8. The topological polar surface area (TPSA) is 75.7 Å². The Bertz CT molecular complexity index is 956. The summed E-state index contributed by atoms with van der Waals surface area (Å²) in [6.07, 6.45) is 1.09. The predicted molar refractivity (Wildman–Crippen MR) is 105 cm³/mol. The summed E-state index contributed by atoms with van der Waals surface area (Å²) in [7, 11) is -2.15. The SMILES string of the molecule is CCC(=O)N1CCc2cc(S(=O)(=O)N[C@@H](C)c3ccccc3OC)ccc21. The summed E-state index contributed by atoms with van der Waals surface area (Å²) in [5.41, 5.74) is 2.45. The van der Waals surface area contributed by atoms with Crippen LogP contribution in [0.25, 0.3) is 0 Å². The lowest BCUT2D eigenvalue weighted by Crippen LogP contribution is -2.28. The number of carbonyl (C=O) groups excluding carboxylic acids is 1. The van der Waals surface area contributed by atoms with E-state index in [9.17, 15) is 13.2 Å². The molecule has 0 bridgehead atoms. The van der Waals surface area contributed by atoms with Crippen molar-refractivity contribution in [2.24, 2.45) is 0 Å². The van der Waals surface area contributed by atoms with Crippen LogP contribution in [0.15, 0.2) is 47.4 Å². The summed E-state index contributed by atoms with van der Waals surface area (Å²) >= 11 is 0. The third-order valence-electron chi connectivity index (χ3n) is 4.80. The quantitative estimate of drug-likeness (QED) is 0.825. The molecule has 7 heteroatoms. The van der Waals surface area contributed by atoms with Crippen molar-refractivity contribution in [1.29, 1.82) is 0 Å². The van der Waals surface area contributed by atoms with Gasteiger partial charge in [0.1, 0.15) is 5.75 Å². The van der Waals surface area contributed by atoms with Gasteiger partial charge in [-0.25, -0.2) is 13.1 Å². The van der Waals surface area contributed by atoms with Crippen molar-refractivity contribution in [2.75, 3.05) is 18.6 Å². The number of carbonyl (C=O) groups is 1. The van der Waals surface area contributed by atoms with Crippen LogP contribution in [0, 0.1) is 0 Å². The first-order valence-electron chi connectivity index (χ1n) is 8.96. The average molecular weight is 388 g/mol. The Hall–Kier alpha value is -2.38. The van der Waals surface area contributed by atoms with Crippen LogP contribution in [0.2, 0.25) is 0 Å². The van der Waals surface area contributed by atoms with E-state index in [1.54, 1.807) is 43.2 Å². The number of methoxy groups -OCH3 is 1. The van der Waals surface area contributed by atoms with Crippen molar-refractivity contribution in [3.8, 4) is 5.75 Å². The Balaban J connectivity index is 1.85. The van der Waals surface area contributed by atoms with Crippen LogP contribution in [-0.4, -0.2) is 28.0 Å². The number of benzene rings is 2. The summed E-state index contributed by atoms with van der Waals surface area (Å²) in [5, 5.41) is 0. The van der Waals surface area contributed by atoms with Crippen LogP contribution >= 0.6 is 0 Å². The van der Waals surface area contributed by atoms with E-state index in [1.807, 2.05) is 25.1 Å². The van der Waals surface area contributed by atoms with Crippen molar-refractivity contribution >= 4 is 21.6 Å². The molecule has 3 rings (SSSR count). The van der Waals surface area contributed by atoms with E-state index in [2.05, 4.69) is 4.72 Å². The van der Waals surface area contributed by atoms with Gasteiger partial charge in [-0.05, 0) is 43.2 Å². The summed E-state index contributed by atoms with van der Waals surface area (Å²) in [6.45, 7) is 4.20. The Morgan fingerprint density at radius 3 is 2.70 bits per heavy atom. The van der Waals surface area contributed by atoms with Gasteiger partial charge in [0, 0.05) is 30.3 Å². The van der Waals surface area contributed by atoms with E-state index in [-0.39, 0.29) is 10.8 Å². The van der Waals surface area contributed by atoms with E-state index >= 15 is 0 Å². The van der Waals surface area contributed by atoms with Crippen molar-refractivity contribution in [3.63, 3.8) is 0 Å². The molecule has 144 valence electrons. The first-order valence-corrected chi connectivity index (χ1v) is 10.4. The number of hydrogen-bond acceptors (Lipinski definition) is 4. The molecule has 1 N–H and O–H groups in total. The van der Waals surface area contributed by atoms with Gasteiger partial charge in [-0.1, -0.05) is 25.1 Å². The number of sulfonamides is 1. The van der Waals surface area contributed by atoms with Crippen molar-refractivity contribution in [1.82, 2.24) is 4.72 Å². The van der Waals surface area contributed by atoms with Crippen LogP contribution in [0.5, 0.6) is 5.75 Å². The second-order valence-corrected chi connectivity index (χ2v) is 8.24. The highest BCUT2D eigenvalue weighted by atomic mass is 32.2. The Kier molecular flexibility index (Phi) is 5.53. The van der Waals surface area contributed by atoms with Gasteiger partial charge in [0.05, 0.1) is 12.0 Å². The fraction of sp³-hybridized carbons (Fsp3) is 0.350. The molecule has 0 aromatic heterocycles. The predicted octanol–water partition coefficient (Wildman–Crippen LogP) is 3.03. The fourth-order valence-electron chi connectivity index (χ4n) is 3.38. The molecular formula is C20H24N2O4S. The molecule has 1 amide bonds. The summed E-state index contributed by atoms with van der Waals surface area (Å²) < 4.78 is 33.7. The number of para-hydroxylation sites is 1. The van der Waals surface area contributed by atoms with Gasteiger partial charge in [-0.3, -0.25) is 4.79 Å².